The van der Waals surface area contributed by atoms with Gasteiger partial charge in [0.1, 0.15) is 11.6 Å². The number of anilines is 2. The first-order chi connectivity index (χ1) is 8.28. The number of rotatable bonds is 5. The number of nitrogens with zero attached hydrogens (tertiary/aromatic N) is 2. The zero-order chi connectivity index (χ0) is 13.8. The fourth-order valence-electron chi connectivity index (χ4n) is 1.66. The summed E-state index contributed by atoms with van der Waals surface area (Å²) in [5.74, 6) is 2.70. The third kappa shape index (κ3) is 5.39. The summed E-state index contributed by atoms with van der Waals surface area (Å²) in [5, 5.41) is 3.40. The summed E-state index contributed by atoms with van der Waals surface area (Å²) in [6.45, 7) is 12.0. The Morgan fingerprint density at radius 1 is 1.28 bits per heavy atom. The molecule has 0 aliphatic heterocycles. The molecule has 0 saturated heterocycles. The number of hydrogen-bond donors (Lipinski definition) is 1. The van der Waals surface area contributed by atoms with E-state index in [1.54, 1.807) is 0 Å². The highest BCUT2D eigenvalue weighted by Crippen LogP contribution is 2.17. The van der Waals surface area contributed by atoms with Crippen LogP contribution in [0.15, 0.2) is 18.2 Å². The molecule has 0 unspecified atom stereocenters. The summed E-state index contributed by atoms with van der Waals surface area (Å²) in [6, 6.07) is 6.14. The van der Waals surface area contributed by atoms with Gasteiger partial charge in [-0.2, -0.15) is 0 Å². The minimum absolute atomic E-state index is 0.0438. The van der Waals surface area contributed by atoms with Gasteiger partial charge in [-0.1, -0.05) is 19.9 Å². The normalized spacial score (nSPS) is 11.7. The van der Waals surface area contributed by atoms with Crippen LogP contribution in [0.3, 0.4) is 0 Å². The molecule has 0 radical (unpaired) electrons. The Morgan fingerprint density at radius 2 is 1.94 bits per heavy atom. The molecular formula is C15H27N3. The second-order valence-corrected chi connectivity index (χ2v) is 6.36. The molecule has 1 heterocycles. The highest BCUT2D eigenvalue weighted by Gasteiger charge is 2.11. The van der Waals surface area contributed by atoms with Crippen LogP contribution in [0, 0.1) is 5.92 Å². The zero-order valence-corrected chi connectivity index (χ0v) is 12.6. The van der Waals surface area contributed by atoms with Crippen LogP contribution in [0.1, 0.15) is 41.0 Å². The Bertz CT molecular complexity index is 366. The fourth-order valence-corrected chi connectivity index (χ4v) is 1.66. The molecule has 0 amide bonds. The molecule has 0 spiro atoms. The van der Waals surface area contributed by atoms with Crippen molar-refractivity contribution in [2.75, 3.05) is 23.8 Å². The van der Waals surface area contributed by atoms with Crippen molar-refractivity contribution in [2.24, 2.45) is 5.92 Å². The number of aromatic nitrogens is 1. The minimum atomic E-state index is 0.0438. The summed E-state index contributed by atoms with van der Waals surface area (Å²) in [6.07, 6.45) is 1.19. The molecule has 0 aliphatic carbocycles. The molecule has 1 N–H and O–H groups in total. The second kappa shape index (κ2) is 6.07. The SMILES string of the molecule is CC(C)CCN(C)c1cccc(NC(C)(C)C)n1. The van der Waals surface area contributed by atoms with Crippen molar-refractivity contribution in [3.8, 4) is 0 Å². The lowest BCUT2D eigenvalue weighted by Gasteiger charge is -2.24. The van der Waals surface area contributed by atoms with Crippen LogP contribution in [0.2, 0.25) is 0 Å². The van der Waals surface area contributed by atoms with Gasteiger partial charge in [0.15, 0.2) is 0 Å². The molecule has 3 nitrogen and oxygen atoms in total. The van der Waals surface area contributed by atoms with Gasteiger partial charge >= 0.3 is 0 Å². The van der Waals surface area contributed by atoms with Gasteiger partial charge in [-0.05, 0) is 45.2 Å². The van der Waals surface area contributed by atoms with Crippen LogP contribution in [0.5, 0.6) is 0 Å². The largest absolute Gasteiger partial charge is 0.365 e. The van der Waals surface area contributed by atoms with Crippen molar-refractivity contribution in [1.82, 2.24) is 4.98 Å². The standard InChI is InChI=1S/C15H27N3/c1-12(2)10-11-18(6)14-9-7-8-13(16-14)17-15(3,4)5/h7-9,12H,10-11H2,1-6H3,(H,16,17). The lowest BCUT2D eigenvalue weighted by atomic mass is 10.1. The van der Waals surface area contributed by atoms with E-state index >= 15 is 0 Å². The number of pyridine rings is 1. The summed E-state index contributed by atoms with van der Waals surface area (Å²) in [7, 11) is 2.10. The Kier molecular flexibility index (Phi) is 5.00. The molecule has 3 heteroatoms. The summed E-state index contributed by atoms with van der Waals surface area (Å²) in [4.78, 5) is 6.87. The predicted molar refractivity (Wildman–Crippen MR) is 80.3 cm³/mol. The molecule has 1 aromatic rings. The quantitative estimate of drug-likeness (QED) is 0.861. The van der Waals surface area contributed by atoms with E-state index in [4.69, 9.17) is 0 Å². The van der Waals surface area contributed by atoms with Gasteiger partial charge in [-0.25, -0.2) is 4.98 Å². The lowest BCUT2D eigenvalue weighted by molar-refractivity contribution is 0.583. The van der Waals surface area contributed by atoms with Crippen LogP contribution in [-0.2, 0) is 0 Å². The van der Waals surface area contributed by atoms with Crippen LogP contribution in [0.25, 0.3) is 0 Å². The summed E-state index contributed by atoms with van der Waals surface area (Å²) >= 11 is 0. The van der Waals surface area contributed by atoms with Gasteiger partial charge in [0.2, 0.25) is 0 Å². The smallest absolute Gasteiger partial charge is 0.130 e. The van der Waals surface area contributed by atoms with Gasteiger partial charge < -0.3 is 10.2 Å². The molecule has 1 rings (SSSR count). The molecule has 0 bridgehead atoms. The predicted octanol–water partition coefficient (Wildman–Crippen LogP) is 3.77. The van der Waals surface area contributed by atoms with Crippen molar-refractivity contribution in [1.29, 1.82) is 0 Å². The molecule has 0 atom stereocenters. The third-order valence-electron chi connectivity index (χ3n) is 2.67. The van der Waals surface area contributed by atoms with Crippen LogP contribution in [-0.4, -0.2) is 24.1 Å². The van der Waals surface area contributed by atoms with Gasteiger partial charge in [0.25, 0.3) is 0 Å². The molecule has 18 heavy (non-hydrogen) atoms. The van der Waals surface area contributed by atoms with Crippen LogP contribution in [0.4, 0.5) is 11.6 Å². The van der Waals surface area contributed by atoms with Crippen molar-refractivity contribution in [2.45, 2.75) is 46.6 Å². The Hall–Kier alpha value is -1.25. The Balaban J connectivity index is 2.69. The average molecular weight is 249 g/mol. The summed E-state index contributed by atoms with van der Waals surface area (Å²) < 4.78 is 0. The Labute approximate surface area is 112 Å². The van der Waals surface area contributed by atoms with Crippen molar-refractivity contribution < 1.29 is 0 Å². The van der Waals surface area contributed by atoms with E-state index < -0.39 is 0 Å². The molecule has 0 fully saturated rings. The topological polar surface area (TPSA) is 28.2 Å². The maximum absolute atomic E-state index is 4.65. The Morgan fingerprint density at radius 3 is 2.50 bits per heavy atom. The third-order valence-corrected chi connectivity index (χ3v) is 2.67. The van der Waals surface area contributed by atoms with E-state index in [0.717, 1.165) is 24.1 Å². The monoisotopic (exact) mass is 249 g/mol. The van der Waals surface area contributed by atoms with E-state index in [2.05, 4.69) is 69.0 Å². The van der Waals surface area contributed by atoms with E-state index in [1.165, 1.54) is 6.42 Å². The maximum atomic E-state index is 4.65. The molecule has 102 valence electrons. The van der Waals surface area contributed by atoms with Gasteiger partial charge in [0.05, 0.1) is 0 Å². The van der Waals surface area contributed by atoms with E-state index in [1.807, 2.05) is 6.07 Å². The summed E-state index contributed by atoms with van der Waals surface area (Å²) in [5.41, 5.74) is 0.0438. The van der Waals surface area contributed by atoms with Crippen molar-refractivity contribution in [3.63, 3.8) is 0 Å². The first-order valence-electron chi connectivity index (χ1n) is 6.74. The molecule has 1 aromatic heterocycles. The first kappa shape index (κ1) is 14.8. The lowest BCUT2D eigenvalue weighted by Crippen LogP contribution is -2.27. The van der Waals surface area contributed by atoms with E-state index in [-0.39, 0.29) is 5.54 Å². The molecule has 0 aliphatic rings. The minimum Gasteiger partial charge on any atom is -0.365 e. The zero-order valence-electron chi connectivity index (χ0n) is 12.6. The van der Waals surface area contributed by atoms with E-state index in [9.17, 15) is 0 Å². The number of hydrogen-bond acceptors (Lipinski definition) is 3. The van der Waals surface area contributed by atoms with Gasteiger partial charge in [-0.15, -0.1) is 0 Å². The first-order valence-corrected chi connectivity index (χ1v) is 6.74. The van der Waals surface area contributed by atoms with Crippen molar-refractivity contribution >= 4 is 11.6 Å². The van der Waals surface area contributed by atoms with Crippen molar-refractivity contribution in [3.05, 3.63) is 18.2 Å². The maximum Gasteiger partial charge on any atom is 0.130 e. The number of nitrogens with one attached hydrogen (secondary N) is 1. The fraction of sp³-hybridized carbons (Fsp3) is 0.667. The molecule has 0 saturated carbocycles. The van der Waals surface area contributed by atoms with Crippen LogP contribution >= 0.6 is 0 Å². The van der Waals surface area contributed by atoms with E-state index in [0.29, 0.717) is 0 Å². The van der Waals surface area contributed by atoms with Crippen LogP contribution < -0.4 is 10.2 Å². The highest BCUT2D eigenvalue weighted by atomic mass is 15.2. The molecule has 0 aromatic carbocycles. The van der Waals surface area contributed by atoms with Gasteiger partial charge in [-0.3, -0.25) is 0 Å². The average Bonchev–Trinajstić information content (AvgIpc) is 2.23. The highest BCUT2D eigenvalue weighted by molar-refractivity contribution is 5.47. The second-order valence-electron chi connectivity index (χ2n) is 6.36. The molecular weight excluding hydrogens is 222 g/mol. The van der Waals surface area contributed by atoms with Gasteiger partial charge in [0, 0.05) is 19.1 Å².